The van der Waals surface area contributed by atoms with Crippen molar-refractivity contribution in [1.29, 1.82) is 0 Å². The standard InChI is InChI=1S/C13H17N.C11H15N.C9H10O2.C8H8O2.CH4/c1-10-8-11-4-2-6-14-7-3-5-12(9-10)13(11)14;1-9-5-6-11-10(8-9)4-3-7-12(11)2;1-7-2-3-8-9(6-7)11-5-4-10-8;1-6-2-3-7-8(4-6)10-5-9-7;/h8-9H,2-7H2,1H3;5-6,8H,3-4,7H2,1-2H3;2-3,6H,4-5H2,1H3;2-4H,5H2,1H3;1H4. The molecule has 0 unspecified atom stereocenters. The summed E-state index contributed by atoms with van der Waals surface area (Å²) in [4.78, 5) is 4.94. The van der Waals surface area contributed by atoms with E-state index in [0.29, 0.717) is 20.0 Å². The Bertz CT molecular complexity index is 1650. The molecule has 0 spiro atoms. The van der Waals surface area contributed by atoms with Crippen LogP contribution in [0.3, 0.4) is 0 Å². The first kappa shape index (κ1) is 35.0. The molecule has 0 aliphatic carbocycles. The van der Waals surface area contributed by atoms with Crippen LogP contribution < -0.4 is 28.7 Å². The fourth-order valence-electron chi connectivity index (χ4n) is 7.05. The highest BCUT2D eigenvalue weighted by molar-refractivity contribution is 5.64. The molecule has 0 radical (unpaired) electrons. The topological polar surface area (TPSA) is 43.4 Å². The van der Waals surface area contributed by atoms with Crippen LogP contribution in [0.1, 0.15) is 65.6 Å². The molecule has 0 amide bonds. The van der Waals surface area contributed by atoms with E-state index in [1.54, 1.807) is 16.8 Å². The van der Waals surface area contributed by atoms with Crippen molar-refractivity contribution in [3.63, 3.8) is 0 Å². The summed E-state index contributed by atoms with van der Waals surface area (Å²) in [6.45, 7) is 13.9. The minimum Gasteiger partial charge on any atom is -0.486 e. The highest BCUT2D eigenvalue weighted by Crippen LogP contribution is 2.36. The highest BCUT2D eigenvalue weighted by Gasteiger charge is 2.23. The molecule has 0 aromatic heterocycles. The Kier molecular flexibility index (Phi) is 11.8. The molecule has 0 atom stereocenters. The maximum atomic E-state index is 5.38. The fourth-order valence-corrected chi connectivity index (χ4v) is 7.05. The average molecular weight is 651 g/mol. The minimum atomic E-state index is 0. The first-order chi connectivity index (χ1) is 22.8. The summed E-state index contributed by atoms with van der Waals surface area (Å²) < 4.78 is 21.0. The molecule has 256 valence electrons. The molecule has 5 heterocycles. The molecule has 5 aliphatic rings. The number of hydrogen-bond donors (Lipinski definition) is 0. The first-order valence-electron chi connectivity index (χ1n) is 17.2. The van der Waals surface area contributed by atoms with Crippen LogP contribution in [0.15, 0.2) is 66.7 Å². The van der Waals surface area contributed by atoms with Crippen LogP contribution in [0.2, 0.25) is 0 Å². The zero-order chi connectivity index (χ0) is 32.8. The van der Waals surface area contributed by atoms with Gasteiger partial charge >= 0.3 is 0 Å². The summed E-state index contributed by atoms with van der Waals surface area (Å²) in [5.41, 5.74) is 13.0. The average Bonchev–Trinajstić information content (AvgIpc) is 3.54. The van der Waals surface area contributed by atoms with E-state index in [0.717, 1.165) is 23.0 Å². The normalized spacial score (nSPS) is 15.9. The second kappa shape index (κ2) is 16.2. The van der Waals surface area contributed by atoms with Gasteiger partial charge in [0.05, 0.1) is 0 Å². The van der Waals surface area contributed by atoms with Crippen molar-refractivity contribution in [2.45, 2.75) is 73.6 Å². The number of anilines is 2. The Morgan fingerprint density at radius 3 is 1.65 bits per heavy atom. The van der Waals surface area contributed by atoms with Crippen LogP contribution in [-0.2, 0) is 19.3 Å². The van der Waals surface area contributed by atoms with Gasteiger partial charge in [0.1, 0.15) is 13.2 Å². The van der Waals surface area contributed by atoms with E-state index < -0.39 is 0 Å². The predicted molar refractivity (Wildman–Crippen MR) is 199 cm³/mol. The molecule has 0 bridgehead atoms. The van der Waals surface area contributed by atoms with Crippen LogP contribution in [-0.4, -0.2) is 46.7 Å². The van der Waals surface area contributed by atoms with Crippen molar-refractivity contribution in [2.75, 3.05) is 56.5 Å². The third-order valence-corrected chi connectivity index (χ3v) is 9.29. The largest absolute Gasteiger partial charge is 0.486 e. The molecule has 5 aliphatic heterocycles. The lowest BCUT2D eigenvalue weighted by atomic mass is 9.90. The van der Waals surface area contributed by atoms with Gasteiger partial charge < -0.3 is 28.7 Å². The number of aryl methyl sites for hydroxylation is 7. The molecule has 6 heteroatoms. The SMILES string of the molecule is C.Cc1cc2c3c(c1)CCCN3CCC2.Cc1ccc2c(c1)CCCN2C.Cc1ccc2c(c1)OCCO2.Cc1ccc2c(c1)OCO2. The molecular weight excluding hydrogens is 596 g/mol. The quantitative estimate of drug-likeness (QED) is 0.189. The predicted octanol–water partition coefficient (Wildman–Crippen LogP) is 9.20. The summed E-state index contributed by atoms with van der Waals surface area (Å²) in [5.74, 6) is 3.45. The Morgan fingerprint density at radius 1 is 0.500 bits per heavy atom. The van der Waals surface area contributed by atoms with Gasteiger partial charge in [0.15, 0.2) is 23.0 Å². The van der Waals surface area contributed by atoms with Gasteiger partial charge in [-0.2, -0.15) is 0 Å². The third-order valence-electron chi connectivity index (χ3n) is 9.29. The molecule has 0 saturated carbocycles. The minimum absolute atomic E-state index is 0. The van der Waals surface area contributed by atoms with Crippen molar-refractivity contribution >= 4 is 11.4 Å². The Balaban J connectivity index is 0.000000125. The second-order valence-corrected chi connectivity index (χ2v) is 13.3. The maximum absolute atomic E-state index is 5.38. The van der Waals surface area contributed by atoms with Crippen molar-refractivity contribution in [3.8, 4) is 23.0 Å². The van der Waals surface area contributed by atoms with Gasteiger partial charge in [0, 0.05) is 38.1 Å². The molecule has 9 rings (SSSR count). The monoisotopic (exact) mass is 650 g/mol. The molecule has 6 nitrogen and oxygen atoms in total. The van der Waals surface area contributed by atoms with Crippen LogP contribution in [0.5, 0.6) is 23.0 Å². The van der Waals surface area contributed by atoms with Crippen molar-refractivity contribution in [3.05, 3.63) is 106 Å². The lowest BCUT2D eigenvalue weighted by Gasteiger charge is -2.37. The molecule has 48 heavy (non-hydrogen) atoms. The summed E-state index contributed by atoms with van der Waals surface area (Å²) in [7, 11) is 2.17. The molecule has 0 saturated heterocycles. The number of nitrogens with zero attached hydrogens (tertiary/aromatic N) is 2. The van der Waals surface area contributed by atoms with Gasteiger partial charge in [-0.25, -0.2) is 0 Å². The number of ether oxygens (including phenoxy) is 4. The lowest BCUT2D eigenvalue weighted by Crippen LogP contribution is -2.34. The van der Waals surface area contributed by atoms with E-state index in [4.69, 9.17) is 18.9 Å². The van der Waals surface area contributed by atoms with Crippen LogP contribution in [0, 0.1) is 27.7 Å². The Morgan fingerprint density at radius 2 is 0.979 bits per heavy atom. The van der Waals surface area contributed by atoms with Crippen LogP contribution in [0.4, 0.5) is 11.4 Å². The summed E-state index contributed by atoms with van der Waals surface area (Å²) in [6, 6.07) is 23.4. The smallest absolute Gasteiger partial charge is 0.231 e. The van der Waals surface area contributed by atoms with E-state index >= 15 is 0 Å². The third kappa shape index (κ3) is 8.58. The second-order valence-electron chi connectivity index (χ2n) is 13.3. The molecule has 0 fully saturated rings. The van der Waals surface area contributed by atoms with E-state index in [2.05, 4.69) is 61.0 Å². The lowest BCUT2D eigenvalue weighted by molar-refractivity contribution is 0.171. The fraction of sp³-hybridized carbons (Fsp3) is 0.429. The van der Waals surface area contributed by atoms with E-state index in [1.165, 1.54) is 91.7 Å². The number of rotatable bonds is 0. The van der Waals surface area contributed by atoms with Gasteiger partial charge in [-0.15, -0.1) is 0 Å². The highest BCUT2D eigenvalue weighted by atomic mass is 16.7. The van der Waals surface area contributed by atoms with Gasteiger partial charge in [-0.1, -0.05) is 55.0 Å². The van der Waals surface area contributed by atoms with Gasteiger partial charge in [0.2, 0.25) is 6.79 Å². The van der Waals surface area contributed by atoms with Crippen LogP contribution >= 0.6 is 0 Å². The molecule has 0 N–H and O–H groups in total. The zero-order valence-electron chi connectivity index (χ0n) is 28.9. The number of fused-ring (bicyclic) bond motifs is 3. The summed E-state index contributed by atoms with van der Waals surface area (Å²) in [6.07, 6.45) is 7.82. The number of benzene rings is 4. The van der Waals surface area contributed by atoms with Crippen molar-refractivity contribution in [2.24, 2.45) is 0 Å². The summed E-state index contributed by atoms with van der Waals surface area (Å²) in [5, 5.41) is 0. The molecule has 4 aromatic carbocycles. The van der Waals surface area contributed by atoms with Crippen LogP contribution in [0.25, 0.3) is 0 Å². The number of hydrogen-bond acceptors (Lipinski definition) is 6. The van der Waals surface area contributed by atoms with E-state index in [1.807, 2.05) is 50.2 Å². The van der Waals surface area contributed by atoms with Gasteiger partial charge in [-0.3, -0.25) is 0 Å². The van der Waals surface area contributed by atoms with Crippen molar-refractivity contribution in [1.82, 2.24) is 0 Å². The van der Waals surface area contributed by atoms with E-state index in [-0.39, 0.29) is 7.43 Å². The van der Waals surface area contributed by atoms with E-state index in [9.17, 15) is 0 Å². The first-order valence-corrected chi connectivity index (χ1v) is 17.2. The van der Waals surface area contributed by atoms with Gasteiger partial charge in [0.25, 0.3) is 0 Å². The Hall–Kier alpha value is -4.32. The summed E-state index contributed by atoms with van der Waals surface area (Å²) >= 11 is 0. The van der Waals surface area contributed by atoms with Crippen molar-refractivity contribution < 1.29 is 18.9 Å². The van der Waals surface area contributed by atoms with Gasteiger partial charge in [-0.05, 0) is 124 Å². The zero-order valence-corrected chi connectivity index (χ0v) is 28.9. The molecular formula is C42H54N2O4. The Labute approximate surface area is 288 Å². The molecule has 4 aromatic rings. The maximum Gasteiger partial charge on any atom is 0.231 e.